The van der Waals surface area contributed by atoms with Crippen LogP contribution in [0.3, 0.4) is 0 Å². The van der Waals surface area contributed by atoms with Crippen LogP contribution in [0.1, 0.15) is 29.7 Å². The molecule has 1 fully saturated rings. The minimum Gasteiger partial charge on any atom is -0.382 e. The van der Waals surface area contributed by atoms with Gasteiger partial charge in [0, 0.05) is 35.8 Å². The van der Waals surface area contributed by atoms with Crippen LogP contribution in [-0.2, 0) is 25.2 Å². The molecule has 2 aromatic carbocycles. The number of rotatable bonds is 10. The average Bonchev–Trinajstić information content (AvgIpc) is 3.38. The Kier molecular flexibility index (Phi) is 6.59. The number of hydrogen-bond donors (Lipinski definition) is 1. The van der Waals surface area contributed by atoms with Crippen LogP contribution in [0.25, 0.3) is 0 Å². The summed E-state index contributed by atoms with van der Waals surface area (Å²) in [7, 11) is 0. The van der Waals surface area contributed by atoms with Gasteiger partial charge in [-0.15, -0.1) is 5.10 Å². The molecule has 35 heavy (non-hydrogen) atoms. The molecule has 1 saturated carbocycles. The number of hydrogen-bond acceptors (Lipinski definition) is 6. The molecule has 8 nitrogen and oxygen atoms in total. The van der Waals surface area contributed by atoms with Gasteiger partial charge in [0.15, 0.2) is 0 Å². The van der Waals surface area contributed by atoms with Crippen LogP contribution in [0.2, 0.25) is 5.02 Å². The molecule has 1 aliphatic carbocycles. The minimum absolute atomic E-state index is 0.00224. The van der Waals surface area contributed by atoms with Crippen LogP contribution >= 0.6 is 11.6 Å². The lowest BCUT2D eigenvalue weighted by Gasteiger charge is -2.34. The van der Waals surface area contributed by atoms with E-state index in [-0.39, 0.29) is 24.7 Å². The molecule has 0 bridgehead atoms. The highest BCUT2D eigenvalue weighted by Crippen LogP contribution is 2.34. The van der Waals surface area contributed by atoms with Gasteiger partial charge >= 0.3 is 0 Å². The summed E-state index contributed by atoms with van der Waals surface area (Å²) in [4.78, 5) is 5.98. The van der Waals surface area contributed by atoms with Crippen LogP contribution in [0, 0.1) is 11.6 Å². The maximum atomic E-state index is 14.8. The fourth-order valence-electron chi connectivity index (χ4n) is 4.26. The first-order valence-corrected chi connectivity index (χ1v) is 11.6. The Hall–Kier alpha value is -3.21. The summed E-state index contributed by atoms with van der Waals surface area (Å²) >= 11 is 6.26. The van der Waals surface area contributed by atoms with E-state index in [0.29, 0.717) is 23.8 Å². The van der Waals surface area contributed by atoms with E-state index in [2.05, 4.69) is 25.3 Å². The lowest BCUT2D eigenvalue weighted by Crippen LogP contribution is -2.45. The summed E-state index contributed by atoms with van der Waals surface area (Å²) in [5.41, 5.74) is -0.0329. The van der Waals surface area contributed by atoms with Crippen molar-refractivity contribution < 1.29 is 13.9 Å². The molecule has 4 aromatic rings. The maximum Gasteiger partial charge on any atom is 0.137 e. The molecule has 0 amide bonds. The molecule has 1 N–H and O–H groups in total. The van der Waals surface area contributed by atoms with E-state index in [4.69, 9.17) is 11.6 Å². The summed E-state index contributed by atoms with van der Waals surface area (Å²) in [6.45, 7) is 0.943. The zero-order valence-corrected chi connectivity index (χ0v) is 19.6. The number of nitrogens with zero attached hydrogens (tertiary/aromatic N) is 7. The van der Waals surface area contributed by atoms with Crippen LogP contribution in [-0.4, -0.2) is 52.4 Å². The molecule has 5 rings (SSSR count). The van der Waals surface area contributed by atoms with Gasteiger partial charge in [0.1, 0.15) is 29.9 Å². The summed E-state index contributed by atoms with van der Waals surface area (Å²) in [5, 5.41) is 25.0. The van der Waals surface area contributed by atoms with Gasteiger partial charge in [-0.2, -0.15) is 5.10 Å². The van der Waals surface area contributed by atoms with Gasteiger partial charge in [-0.3, -0.25) is 4.90 Å². The fourth-order valence-corrected chi connectivity index (χ4v) is 4.45. The first-order valence-electron chi connectivity index (χ1n) is 11.3. The van der Waals surface area contributed by atoms with Crippen molar-refractivity contribution in [2.45, 2.75) is 44.1 Å². The second-order valence-electron chi connectivity index (χ2n) is 8.88. The standard InChI is InChI=1S/C24H24ClF2N7O/c25-22-4-2-1-3-17(22)10-33-12-19(30-31-33)11-32(20-6-7-20)13-24(35,14-34-16-28-15-29-34)21-8-5-18(26)9-23(21)27/h1-5,8-9,12,15-16,20,35H,6-7,10-11,13-14H2. The highest BCUT2D eigenvalue weighted by Gasteiger charge is 2.40. The van der Waals surface area contributed by atoms with Gasteiger partial charge in [-0.05, 0) is 30.5 Å². The van der Waals surface area contributed by atoms with Gasteiger partial charge in [-0.1, -0.05) is 41.1 Å². The van der Waals surface area contributed by atoms with Crippen LogP contribution in [0.4, 0.5) is 8.78 Å². The molecule has 1 unspecified atom stereocenters. The average molecular weight is 500 g/mol. The second kappa shape index (κ2) is 9.80. The van der Waals surface area contributed by atoms with Crippen molar-refractivity contribution in [3.05, 3.63) is 94.8 Å². The van der Waals surface area contributed by atoms with Crippen LogP contribution < -0.4 is 0 Å². The third-order valence-corrected chi connectivity index (χ3v) is 6.46. The zero-order valence-electron chi connectivity index (χ0n) is 18.8. The third kappa shape index (κ3) is 5.55. The molecule has 1 atom stereocenters. The Bertz CT molecular complexity index is 1290. The molecule has 11 heteroatoms. The number of halogens is 3. The van der Waals surface area contributed by atoms with Gasteiger partial charge in [0.2, 0.25) is 0 Å². The van der Waals surface area contributed by atoms with Crippen molar-refractivity contribution in [2.24, 2.45) is 0 Å². The van der Waals surface area contributed by atoms with Gasteiger partial charge < -0.3 is 5.11 Å². The first kappa shape index (κ1) is 23.5. The fraction of sp³-hybridized carbons (Fsp3) is 0.333. The van der Waals surface area contributed by atoms with Crippen molar-refractivity contribution in [1.82, 2.24) is 34.7 Å². The number of aliphatic hydroxyl groups is 1. The molecule has 1 aliphatic rings. The first-order chi connectivity index (χ1) is 16.9. The van der Waals surface area contributed by atoms with Gasteiger partial charge in [0.05, 0.1) is 25.0 Å². The second-order valence-corrected chi connectivity index (χ2v) is 9.29. The van der Waals surface area contributed by atoms with E-state index < -0.39 is 17.2 Å². The number of aromatic nitrogens is 6. The zero-order chi connectivity index (χ0) is 24.4. The summed E-state index contributed by atoms with van der Waals surface area (Å²) in [6.07, 6.45) is 6.55. The molecule has 0 spiro atoms. The highest BCUT2D eigenvalue weighted by molar-refractivity contribution is 6.31. The SMILES string of the molecule is OC(CN(Cc1cn(Cc2ccccc2Cl)nn1)C1CC1)(Cn1cncn1)c1ccc(F)cc1F. The summed E-state index contributed by atoms with van der Waals surface area (Å²) < 4.78 is 31.6. The van der Waals surface area contributed by atoms with Gasteiger partial charge in [0.25, 0.3) is 0 Å². The smallest absolute Gasteiger partial charge is 0.137 e. The molecule has 182 valence electrons. The van der Waals surface area contributed by atoms with Crippen LogP contribution in [0.15, 0.2) is 61.3 Å². The summed E-state index contributed by atoms with van der Waals surface area (Å²) in [5.74, 6) is -1.52. The van der Waals surface area contributed by atoms with Crippen molar-refractivity contribution >= 4 is 11.6 Å². The Morgan fingerprint density at radius 1 is 1.14 bits per heavy atom. The van der Waals surface area contributed by atoms with E-state index in [1.54, 1.807) is 4.68 Å². The van der Waals surface area contributed by atoms with E-state index >= 15 is 0 Å². The number of benzene rings is 2. The van der Waals surface area contributed by atoms with Crippen molar-refractivity contribution in [2.75, 3.05) is 6.54 Å². The van der Waals surface area contributed by atoms with E-state index in [9.17, 15) is 13.9 Å². The maximum absolute atomic E-state index is 14.8. The van der Waals surface area contributed by atoms with E-state index in [1.165, 1.54) is 23.4 Å². The Labute approximate surface area is 205 Å². The lowest BCUT2D eigenvalue weighted by molar-refractivity contribution is -0.0262. The molecule has 0 aliphatic heterocycles. The Balaban J connectivity index is 1.38. The lowest BCUT2D eigenvalue weighted by atomic mass is 9.92. The van der Waals surface area contributed by atoms with E-state index in [0.717, 1.165) is 30.5 Å². The Morgan fingerprint density at radius 2 is 1.97 bits per heavy atom. The topological polar surface area (TPSA) is 84.9 Å². The highest BCUT2D eigenvalue weighted by atomic mass is 35.5. The van der Waals surface area contributed by atoms with Crippen molar-refractivity contribution in [3.63, 3.8) is 0 Å². The van der Waals surface area contributed by atoms with Gasteiger partial charge in [-0.25, -0.2) is 23.1 Å². The molecule has 2 heterocycles. The third-order valence-electron chi connectivity index (χ3n) is 6.09. The normalized spacial score (nSPS) is 15.5. The summed E-state index contributed by atoms with van der Waals surface area (Å²) in [6, 6.07) is 11.0. The van der Waals surface area contributed by atoms with Crippen LogP contribution in [0.5, 0.6) is 0 Å². The predicted octanol–water partition coefficient (Wildman–Crippen LogP) is 3.40. The van der Waals surface area contributed by atoms with E-state index in [1.807, 2.05) is 30.5 Å². The van der Waals surface area contributed by atoms with Crippen molar-refractivity contribution in [1.29, 1.82) is 0 Å². The monoisotopic (exact) mass is 499 g/mol. The molecular weight excluding hydrogens is 476 g/mol. The molecule has 0 radical (unpaired) electrons. The predicted molar refractivity (Wildman–Crippen MR) is 124 cm³/mol. The minimum atomic E-state index is -1.68. The molecular formula is C24H24ClF2N7O. The quantitative estimate of drug-likeness (QED) is 0.360. The molecule has 2 aromatic heterocycles. The largest absolute Gasteiger partial charge is 0.382 e. The van der Waals surface area contributed by atoms with Crippen molar-refractivity contribution in [3.8, 4) is 0 Å². The Morgan fingerprint density at radius 3 is 2.69 bits per heavy atom. The molecule has 0 saturated heterocycles.